The van der Waals surface area contributed by atoms with Crippen LogP contribution in [0.1, 0.15) is 25.0 Å². The van der Waals surface area contributed by atoms with E-state index in [1.807, 2.05) is 42.6 Å². The van der Waals surface area contributed by atoms with Crippen molar-refractivity contribution in [3.05, 3.63) is 77.4 Å². The fourth-order valence-electron chi connectivity index (χ4n) is 3.99. The molecule has 0 spiro atoms. The van der Waals surface area contributed by atoms with Gasteiger partial charge in [0.2, 0.25) is 0 Å². The Balaban J connectivity index is 1.12. The Labute approximate surface area is 187 Å². The molecular weight excluding hydrogens is 414 g/mol. The number of hydrogen-bond donors (Lipinski definition) is 1. The van der Waals surface area contributed by atoms with Gasteiger partial charge in [0, 0.05) is 43.3 Å². The van der Waals surface area contributed by atoms with Crippen molar-refractivity contribution in [2.24, 2.45) is 0 Å². The molecule has 2 fully saturated rings. The van der Waals surface area contributed by atoms with Crippen LogP contribution in [0, 0.1) is 0 Å². The number of halogens is 1. The normalized spacial score (nSPS) is 21.9. The smallest absolute Gasteiger partial charge is 0.153 e. The number of pyridine rings is 1. The van der Waals surface area contributed by atoms with Gasteiger partial charge in [-0.25, -0.2) is 0 Å². The molecule has 1 aromatic heterocycles. The third kappa shape index (κ3) is 4.71. The number of aliphatic hydroxyl groups excluding tert-OH is 1. The molecule has 1 aromatic carbocycles. The molecule has 1 atom stereocenters. The van der Waals surface area contributed by atoms with E-state index >= 15 is 0 Å². The van der Waals surface area contributed by atoms with Crippen LogP contribution in [0.5, 0.6) is 5.75 Å². The van der Waals surface area contributed by atoms with Crippen LogP contribution >= 0.6 is 11.6 Å². The van der Waals surface area contributed by atoms with Crippen LogP contribution in [0.4, 0.5) is 5.69 Å². The lowest BCUT2D eigenvalue weighted by atomic mass is 9.89. The Morgan fingerprint density at radius 3 is 2.55 bits per heavy atom. The molecule has 2 aromatic rings. The summed E-state index contributed by atoms with van der Waals surface area (Å²) in [4.78, 5) is 8.50. The minimum Gasteiger partial charge on any atom is -0.488 e. The third-order valence-electron chi connectivity index (χ3n) is 6.08. The Morgan fingerprint density at radius 2 is 1.90 bits per heavy atom. The fourth-order valence-corrected chi connectivity index (χ4v) is 4.10. The SMILES string of the molecule is OC1C=C(OCc2ccc(Cl)cn2)C=CN1c1ccc(OC2CN(C3CCC3)C2)cc1. The predicted octanol–water partition coefficient (Wildman–Crippen LogP) is 4.10. The molecule has 1 N–H and O–H groups in total. The molecule has 31 heavy (non-hydrogen) atoms. The highest BCUT2D eigenvalue weighted by Gasteiger charge is 2.36. The molecule has 2 aliphatic heterocycles. The lowest BCUT2D eigenvalue weighted by Crippen LogP contribution is -2.59. The van der Waals surface area contributed by atoms with Gasteiger partial charge in [-0.15, -0.1) is 0 Å². The quantitative estimate of drug-likeness (QED) is 0.700. The predicted molar refractivity (Wildman–Crippen MR) is 120 cm³/mol. The first-order chi connectivity index (χ1) is 15.1. The first-order valence-corrected chi connectivity index (χ1v) is 11.1. The van der Waals surface area contributed by atoms with Crippen molar-refractivity contribution in [2.45, 2.75) is 44.2 Å². The maximum Gasteiger partial charge on any atom is 0.153 e. The largest absolute Gasteiger partial charge is 0.488 e. The monoisotopic (exact) mass is 439 g/mol. The van der Waals surface area contributed by atoms with E-state index in [0.717, 1.165) is 36.3 Å². The number of aromatic nitrogens is 1. The number of rotatable bonds is 7. The molecule has 3 heterocycles. The molecule has 1 saturated heterocycles. The van der Waals surface area contributed by atoms with Crippen LogP contribution < -0.4 is 9.64 Å². The second kappa shape index (κ2) is 8.91. The van der Waals surface area contributed by atoms with Crippen molar-refractivity contribution in [1.29, 1.82) is 0 Å². The standard InChI is InChI=1S/C24H26ClN3O3/c25-17-4-5-18(26-13-17)16-30-22-10-11-28(24(29)12-22)20-6-8-21(9-7-20)31-23-14-27(15-23)19-2-1-3-19/h4-13,19,23-24,29H,1-3,14-16H2. The zero-order chi connectivity index (χ0) is 21.2. The number of benzene rings is 1. The molecule has 1 saturated carbocycles. The summed E-state index contributed by atoms with van der Waals surface area (Å²) in [5.41, 5.74) is 1.66. The Bertz CT molecular complexity index is 951. The second-order valence-corrected chi connectivity index (χ2v) is 8.67. The Hall–Kier alpha value is -2.54. The van der Waals surface area contributed by atoms with Gasteiger partial charge in [-0.1, -0.05) is 18.0 Å². The minimum absolute atomic E-state index is 0.282. The molecule has 3 aliphatic rings. The van der Waals surface area contributed by atoms with Crippen LogP contribution in [-0.4, -0.2) is 46.5 Å². The van der Waals surface area contributed by atoms with Gasteiger partial charge < -0.3 is 19.5 Å². The number of ether oxygens (including phenoxy) is 2. The van der Waals surface area contributed by atoms with Crippen LogP contribution in [0.3, 0.4) is 0 Å². The summed E-state index contributed by atoms with van der Waals surface area (Å²) in [6, 6.07) is 12.2. The van der Waals surface area contributed by atoms with Gasteiger partial charge in [0.1, 0.15) is 24.2 Å². The van der Waals surface area contributed by atoms with E-state index in [4.69, 9.17) is 21.1 Å². The zero-order valence-electron chi connectivity index (χ0n) is 17.2. The summed E-state index contributed by atoms with van der Waals surface area (Å²) in [5.74, 6) is 1.47. The molecular formula is C24H26ClN3O3. The first kappa shape index (κ1) is 20.4. The Morgan fingerprint density at radius 1 is 1.10 bits per heavy atom. The van der Waals surface area contributed by atoms with Gasteiger partial charge in [-0.3, -0.25) is 9.88 Å². The molecule has 0 radical (unpaired) electrons. The molecule has 0 amide bonds. The van der Waals surface area contributed by atoms with Crippen molar-refractivity contribution in [3.8, 4) is 5.75 Å². The van der Waals surface area contributed by atoms with Crippen molar-refractivity contribution >= 4 is 17.3 Å². The number of nitrogens with zero attached hydrogens (tertiary/aromatic N) is 3. The van der Waals surface area contributed by atoms with Crippen LogP contribution in [-0.2, 0) is 11.3 Å². The fraction of sp³-hybridized carbons (Fsp3) is 0.375. The van der Waals surface area contributed by atoms with E-state index in [1.165, 1.54) is 19.3 Å². The maximum absolute atomic E-state index is 10.5. The van der Waals surface area contributed by atoms with Crippen molar-refractivity contribution in [2.75, 3.05) is 18.0 Å². The van der Waals surface area contributed by atoms with Crippen molar-refractivity contribution < 1.29 is 14.6 Å². The van der Waals surface area contributed by atoms with Gasteiger partial charge >= 0.3 is 0 Å². The summed E-state index contributed by atoms with van der Waals surface area (Å²) in [6.07, 6.45) is 10.4. The summed E-state index contributed by atoms with van der Waals surface area (Å²) < 4.78 is 11.8. The molecule has 6 nitrogen and oxygen atoms in total. The highest BCUT2D eigenvalue weighted by Crippen LogP contribution is 2.31. The van der Waals surface area contributed by atoms with Gasteiger partial charge in [-0.2, -0.15) is 0 Å². The molecule has 1 unspecified atom stereocenters. The topological polar surface area (TPSA) is 58.1 Å². The first-order valence-electron chi connectivity index (χ1n) is 10.7. The number of allylic oxidation sites excluding steroid dienone is 1. The highest BCUT2D eigenvalue weighted by molar-refractivity contribution is 6.30. The van der Waals surface area contributed by atoms with Gasteiger partial charge in [0.25, 0.3) is 0 Å². The zero-order valence-corrected chi connectivity index (χ0v) is 18.0. The molecule has 5 rings (SSSR count). The molecule has 7 heteroatoms. The number of hydrogen-bond acceptors (Lipinski definition) is 6. The minimum atomic E-state index is -0.812. The number of aliphatic hydroxyl groups is 1. The van der Waals surface area contributed by atoms with Crippen LogP contribution in [0.25, 0.3) is 0 Å². The average Bonchev–Trinajstić information content (AvgIpc) is 2.71. The van der Waals surface area contributed by atoms with E-state index in [1.54, 1.807) is 23.2 Å². The number of likely N-dealkylation sites (tertiary alicyclic amines) is 1. The van der Waals surface area contributed by atoms with E-state index in [9.17, 15) is 5.11 Å². The van der Waals surface area contributed by atoms with Gasteiger partial charge in [0.15, 0.2) is 6.23 Å². The van der Waals surface area contributed by atoms with E-state index in [-0.39, 0.29) is 6.10 Å². The van der Waals surface area contributed by atoms with E-state index in [2.05, 4.69) is 9.88 Å². The lowest BCUT2D eigenvalue weighted by Gasteiger charge is -2.47. The summed E-state index contributed by atoms with van der Waals surface area (Å²) in [7, 11) is 0. The van der Waals surface area contributed by atoms with Crippen molar-refractivity contribution in [1.82, 2.24) is 9.88 Å². The lowest BCUT2D eigenvalue weighted by molar-refractivity contribution is -0.0308. The van der Waals surface area contributed by atoms with Gasteiger partial charge in [0.05, 0.1) is 10.7 Å². The Kier molecular flexibility index (Phi) is 5.85. The highest BCUT2D eigenvalue weighted by atomic mass is 35.5. The third-order valence-corrected chi connectivity index (χ3v) is 6.30. The number of anilines is 1. The van der Waals surface area contributed by atoms with E-state index in [0.29, 0.717) is 17.4 Å². The average molecular weight is 440 g/mol. The van der Waals surface area contributed by atoms with Crippen LogP contribution in [0.2, 0.25) is 5.02 Å². The summed E-state index contributed by atoms with van der Waals surface area (Å²) in [5, 5.41) is 11.1. The van der Waals surface area contributed by atoms with Gasteiger partial charge in [-0.05, 0) is 55.3 Å². The second-order valence-electron chi connectivity index (χ2n) is 8.23. The summed E-state index contributed by atoms with van der Waals surface area (Å²) >= 11 is 5.85. The molecule has 162 valence electrons. The van der Waals surface area contributed by atoms with Crippen molar-refractivity contribution in [3.63, 3.8) is 0 Å². The maximum atomic E-state index is 10.5. The molecule has 1 aliphatic carbocycles. The summed E-state index contributed by atoms with van der Waals surface area (Å²) in [6.45, 7) is 2.36. The van der Waals surface area contributed by atoms with Crippen LogP contribution in [0.15, 0.2) is 66.7 Å². The van der Waals surface area contributed by atoms with E-state index < -0.39 is 6.23 Å². The molecule has 0 bridgehead atoms.